The zero-order valence-electron chi connectivity index (χ0n) is 72.5. The van der Waals surface area contributed by atoms with Gasteiger partial charge in [-0.2, -0.15) is 10.1 Å². The fourth-order valence-electron chi connectivity index (χ4n) is 16.2. The molecule has 7 heterocycles. The fourth-order valence-corrected chi connectivity index (χ4v) is 16.2. The molecule has 3 aliphatic heterocycles. The molecule has 1 aliphatic carbocycles. The number of benzene rings is 1. The van der Waals surface area contributed by atoms with Crippen LogP contribution in [0.2, 0.25) is 0 Å². The van der Waals surface area contributed by atoms with Crippen molar-refractivity contribution in [2.45, 2.75) is 232 Å². The smallest absolute Gasteiger partial charge is 0.329 e. The number of aliphatic hydroxyl groups excluding tert-OH is 1. The average Bonchev–Trinajstić information content (AvgIpc) is 1.75. The number of ketones is 3. The highest BCUT2D eigenvalue weighted by atomic mass is 16.6. The number of carbonyl (C=O) groups is 6. The molecule has 7 N–H and O–H groups in total. The van der Waals surface area contributed by atoms with Gasteiger partial charge >= 0.3 is 5.97 Å². The van der Waals surface area contributed by atoms with Crippen LogP contribution in [-0.4, -0.2) is 265 Å². The van der Waals surface area contributed by atoms with E-state index in [-0.39, 0.29) is 85.9 Å². The summed E-state index contributed by atoms with van der Waals surface area (Å²) in [6.07, 6.45) is 19.2. The van der Waals surface area contributed by atoms with Crippen molar-refractivity contribution in [3.63, 3.8) is 0 Å². The zero-order valence-corrected chi connectivity index (χ0v) is 72.5. The summed E-state index contributed by atoms with van der Waals surface area (Å²) in [5.74, 6) is -7.95. The maximum atomic E-state index is 14.8. The highest BCUT2D eigenvalue weighted by molar-refractivity contribution is 6.39. The summed E-state index contributed by atoms with van der Waals surface area (Å²) in [7, 11) is 4.64. The number of hydrogen-bond donors (Lipinski definition) is 5. The Labute approximate surface area is 710 Å². The number of esters is 1. The van der Waals surface area contributed by atoms with Gasteiger partial charge in [-0.05, 0) is 157 Å². The monoisotopic (exact) mass is 1690 g/mol. The first kappa shape index (κ1) is 96.7. The number of aliphatic hydroxyl groups is 2. The molecule has 2 saturated heterocycles. The third-order valence-electron chi connectivity index (χ3n) is 23.4. The van der Waals surface area contributed by atoms with E-state index in [9.17, 15) is 39.0 Å². The molecule has 0 radical (unpaired) electrons. The van der Waals surface area contributed by atoms with Gasteiger partial charge in [0.1, 0.15) is 53.5 Å². The number of nitrogens with one attached hydrogen (secondary N) is 1. The zero-order chi connectivity index (χ0) is 86.8. The number of hydrogen-bond acceptors (Lipinski definition) is 29. The van der Waals surface area contributed by atoms with Gasteiger partial charge in [-0.3, -0.25) is 24.0 Å². The van der Waals surface area contributed by atoms with E-state index in [4.69, 9.17) is 77.8 Å². The van der Waals surface area contributed by atoms with E-state index < -0.39 is 77.8 Å². The number of piperidine rings is 1. The molecular formula is C88H132N12O21. The molecule has 15 atom stereocenters. The lowest BCUT2D eigenvalue weighted by Crippen LogP contribution is -2.61. The number of nitrogens with zero attached hydrogens (tertiary/aromatic N) is 9. The average molecular weight is 1690 g/mol. The normalized spacial score (nSPS) is 27.3. The van der Waals surface area contributed by atoms with Gasteiger partial charge in [0.05, 0.1) is 121 Å². The van der Waals surface area contributed by atoms with Crippen LogP contribution < -0.4 is 16.8 Å². The molecule has 2 bridgehead atoms. The first-order valence-electron chi connectivity index (χ1n) is 43.3. The van der Waals surface area contributed by atoms with Crippen LogP contribution in [0.15, 0.2) is 82.7 Å². The van der Waals surface area contributed by atoms with Gasteiger partial charge in [0.15, 0.2) is 17.0 Å². The van der Waals surface area contributed by atoms with Crippen molar-refractivity contribution in [1.29, 1.82) is 0 Å². The van der Waals surface area contributed by atoms with Gasteiger partial charge < -0.3 is 93.2 Å². The van der Waals surface area contributed by atoms with Gasteiger partial charge in [0, 0.05) is 96.3 Å². The third kappa shape index (κ3) is 29.2. The number of methoxy groups -OCH3 is 3. The maximum Gasteiger partial charge on any atom is 0.329 e. The Hall–Kier alpha value is -8.16. The number of allylic oxidation sites excluding steroid dienone is 6. The second kappa shape index (κ2) is 50.0. The number of Topliss-reactive ketones (excluding diaryl/α,β-unsaturated/α-hetero) is 3. The topological polar surface area (TPSA) is 421 Å². The summed E-state index contributed by atoms with van der Waals surface area (Å²) in [6.45, 7) is 19.8. The van der Waals surface area contributed by atoms with Crippen LogP contribution in [0.1, 0.15) is 163 Å². The molecule has 4 aromatic heterocycles. The Kier molecular flexibility index (Phi) is 39.9. The molecule has 1 aromatic carbocycles. The minimum Gasteiger partial charge on any atom is -0.460 e. The molecule has 1 saturated carbocycles. The number of cyclic esters (lactones) is 1. The number of carbonyl (C=O) groups excluding carboxylic acids is 6. The highest BCUT2D eigenvalue weighted by Gasteiger charge is 2.53. The van der Waals surface area contributed by atoms with Crippen LogP contribution >= 0.6 is 0 Å². The van der Waals surface area contributed by atoms with E-state index in [0.29, 0.717) is 190 Å². The molecule has 5 aromatic rings. The fraction of sp³-hybridized carbons (Fsp3) is 0.682. The third-order valence-corrected chi connectivity index (χ3v) is 23.4. The van der Waals surface area contributed by atoms with Crippen LogP contribution in [0.25, 0.3) is 33.4 Å². The molecule has 2 amide bonds. The predicted octanol–water partition coefficient (Wildman–Crippen LogP) is 9.02. The lowest BCUT2D eigenvalue weighted by molar-refractivity contribution is -0.265. The summed E-state index contributed by atoms with van der Waals surface area (Å²) in [4.78, 5) is 98.8. The molecule has 33 nitrogen and oxygen atoms in total. The lowest BCUT2D eigenvalue weighted by Gasteiger charge is -2.42. The highest BCUT2D eigenvalue weighted by Crippen LogP contribution is 2.39. The number of rotatable bonds is 39. The maximum absolute atomic E-state index is 14.8. The Morgan fingerprint density at radius 2 is 1.47 bits per heavy atom. The van der Waals surface area contributed by atoms with Crippen molar-refractivity contribution in [2.75, 3.05) is 132 Å². The molecule has 33 heteroatoms. The standard InChI is InChI=1S/C88H132N12O21/c1-57-20-12-11-13-21-58(2)73(109-8)53-67-27-24-63(7)88(108,121-67)82(105)85(106)99-32-17-14-23-69(99)86(107)119-74(54-70(101)59(3)49-62(6)80(104)81(111-10)79(103)61(5)48-57)60(4)50-64-25-28-72(75(51-64)110-9)118-35-19-15-22-66-55-98(97-95-66)34-37-113-39-41-115-43-45-117-47-46-116-44-42-114-40-38-112-36-30-76(102)91-31-16-18-33-100-84-77(83(89)92-56-93-84)78(96-100)65-26-29-71-68(52-65)94-87(90)120-71/h11-13,20-21,26,29,49,52,55-57,59-61,63-64,67,69,72-75,80-81,104,108H,14-19,22-25,27-28,30-48,50-51,53-54H2,1-10H3,(H2,90,94)(H,91,102)(H2,89,92,93)/b13-11+,20-12+,58-21+,62-49+/t57-,59-,60-,61-,63-,64+,67+,69+,72-,73+,74+,75-,80-,81+,88-/m1/s1. The summed E-state index contributed by atoms with van der Waals surface area (Å²) in [6, 6.07) is 4.40. The number of aryl methyl sites for hydroxylation is 2. The minimum absolute atomic E-state index is 0.00478. The van der Waals surface area contributed by atoms with E-state index in [2.05, 4.69) is 30.6 Å². The molecule has 0 unspecified atom stereocenters. The lowest BCUT2D eigenvalue weighted by atomic mass is 9.78. The van der Waals surface area contributed by atoms with E-state index in [1.165, 1.54) is 18.3 Å². The van der Waals surface area contributed by atoms with Gasteiger partial charge in [-0.15, -0.1) is 5.10 Å². The number of oxazole rings is 1. The number of aromatic nitrogens is 8. The molecule has 121 heavy (non-hydrogen) atoms. The van der Waals surface area contributed by atoms with Crippen LogP contribution in [0, 0.1) is 35.5 Å². The van der Waals surface area contributed by atoms with E-state index in [1.807, 2.05) is 76.4 Å². The summed E-state index contributed by atoms with van der Waals surface area (Å²) in [5.41, 5.74) is 17.4. The Morgan fingerprint density at radius 1 is 0.752 bits per heavy atom. The molecule has 9 rings (SSSR count). The SMILES string of the molecule is CO[C@H]1C[C@@H]2CC[C@@H](C)[C@@](O)(O2)C(=O)C(=O)N2CCCC[C@H]2C(=O)O[C@H]([C@H](C)C[C@@H]2CC[C@@H](OCCCCc3cn(CCOCCOCCOCCOCCOCCOCCC(=O)NCCCCn4nc(-c5ccc6oc(N)nc6c5)c5c(N)ncnc54)nn3)[C@H](OC)C2)CC(=O)[C@H](C)/C=C(\C)[C@@H](O)[C@@H](OC)C(=O)[C@H](C)C[C@H](C)/C=C/C=C/C=C/1C. The predicted molar refractivity (Wildman–Crippen MR) is 451 cm³/mol. The number of nitrogen functional groups attached to an aromatic ring is 2. The first-order valence-corrected chi connectivity index (χ1v) is 43.3. The molecule has 0 spiro atoms. The van der Waals surface area contributed by atoms with Crippen molar-refractivity contribution in [3.05, 3.63) is 84.0 Å². The quantitative estimate of drug-likeness (QED) is 0.0106. The Bertz CT molecular complexity index is 4200. The molecular weight excluding hydrogens is 1560 g/mol. The second-order valence-electron chi connectivity index (χ2n) is 32.6. The van der Waals surface area contributed by atoms with E-state index >= 15 is 0 Å². The summed E-state index contributed by atoms with van der Waals surface area (Å²) in [5, 5.41) is 40.9. The van der Waals surface area contributed by atoms with Crippen LogP contribution in [0.5, 0.6) is 0 Å². The van der Waals surface area contributed by atoms with Crippen LogP contribution in [-0.2, 0) is 105 Å². The second-order valence-corrected chi connectivity index (χ2v) is 32.6. The summed E-state index contributed by atoms with van der Waals surface area (Å²) < 4.78 is 79.6. The molecule has 3 fully saturated rings. The van der Waals surface area contributed by atoms with Gasteiger partial charge in [-0.1, -0.05) is 76.3 Å². The Morgan fingerprint density at radius 3 is 2.18 bits per heavy atom. The van der Waals surface area contributed by atoms with Crippen molar-refractivity contribution < 1.29 is 100 Å². The van der Waals surface area contributed by atoms with E-state index in [0.717, 1.165) is 61.8 Å². The van der Waals surface area contributed by atoms with Crippen molar-refractivity contribution in [1.82, 2.24) is 49.9 Å². The van der Waals surface area contributed by atoms with Gasteiger partial charge in [0.25, 0.3) is 17.7 Å². The molecule has 4 aliphatic rings. The summed E-state index contributed by atoms with van der Waals surface area (Å²) >= 11 is 0. The number of nitrogens with two attached hydrogens (primary N) is 2. The number of ether oxygens (including phenoxy) is 12. The van der Waals surface area contributed by atoms with Crippen molar-refractivity contribution >= 4 is 69.1 Å². The van der Waals surface area contributed by atoms with Gasteiger partial charge in [-0.25, -0.2) is 24.1 Å². The van der Waals surface area contributed by atoms with Crippen molar-refractivity contribution in [2.24, 2.45) is 35.5 Å². The molecule has 670 valence electrons. The number of unbranched alkanes of at least 4 members (excludes halogenated alkanes) is 2. The largest absolute Gasteiger partial charge is 0.460 e. The first-order chi connectivity index (χ1) is 58.4. The number of amides is 2. The van der Waals surface area contributed by atoms with Gasteiger partial charge in [0.2, 0.25) is 11.7 Å². The number of anilines is 2. The van der Waals surface area contributed by atoms with Crippen LogP contribution in [0.3, 0.4) is 0 Å². The van der Waals surface area contributed by atoms with E-state index in [1.54, 1.807) is 56.5 Å². The van der Waals surface area contributed by atoms with Crippen molar-refractivity contribution in [3.8, 4) is 11.3 Å². The Balaban J connectivity index is 0.619. The minimum atomic E-state index is -2.46. The number of fused-ring (bicyclic) bond motifs is 5. The van der Waals surface area contributed by atoms with Crippen LogP contribution in [0.4, 0.5) is 11.8 Å².